The van der Waals surface area contributed by atoms with E-state index in [4.69, 9.17) is 24.2 Å². The Balaban J connectivity index is 1.57. The molecule has 2 bridgehead atoms. The number of ether oxygens (including phenoxy) is 3. The van der Waals surface area contributed by atoms with Crippen LogP contribution >= 0.6 is 0 Å². The molecule has 0 spiro atoms. The molecule has 60 heavy (non-hydrogen) atoms. The molecule has 1 amide bonds. The number of aromatic nitrogens is 2. The van der Waals surface area contributed by atoms with Gasteiger partial charge in [-0.25, -0.2) is 18.6 Å². The van der Waals surface area contributed by atoms with Crippen LogP contribution in [0.15, 0.2) is 30.5 Å². The highest BCUT2D eigenvalue weighted by Crippen LogP contribution is 2.44. The normalized spacial score (nSPS) is 17.1. The molecule has 2 aromatic carbocycles. The molecule has 2 saturated heterocycles. The van der Waals surface area contributed by atoms with Crippen LogP contribution in [0.3, 0.4) is 0 Å². The summed E-state index contributed by atoms with van der Waals surface area (Å²) in [4.78, 5) is 29.8. The van der Waals surface area contributed by atoms with Gasteiger partial charge < -0.3 is 24.0 Å². The van der Waals surface area contributed by atoms with E-state index < -0.39 is 25.3 Å². The van der Waals surface area contributed by atoms with Gasteiger partial charge >= 0.3 is 6.09 Å². The van der Waals surface area contributed by atoms with Crippen LogP contribution in [0.1, 0.15) is 98.4 Å². The molecule has 6 rings (SSSR count). The maximum atomic E-state index is 17.9. The van der Waals surface area contributed by atoms with Crippen LogP contribution < -0.4 is 9.64 Å². The van der Waals surface area contributed by atoms with Crippen LogP contribution in [0, 0.1) is 30.0 Å². The van der Waals surface area contributed by atoms with Gasteiger partial charge in [0.1, 0.15) is 36.8 Å². The van der Waals surface area contributed by atoms with Crippen molar-refractivity contribution >= 4 is 41.5 Å². The highest BCUT2D eigenvalue weighted by Gasteiger charge is 2.45. The molecule has 2 fully saturated rings. The standard InChI is InChI=1S/C48H65F2N5O4Si/c1-29(2)60(30(3)4,31(5)6)22-20-37-40(49)19-16-33-23-36(58-28-57-13)24-38(43(33)37)45-44(50)42-32(7)41(15-14-21-53(11)12)52-46(39(42)25-51-45)54-26-34-17-18-35(27-54)55(34)47(56)59-48(8,9)10/h16,19,23-25,29-31,34-35H,14-15,17-18,21,26-28H2,1-13H3. The minimum atomic E-state index is -2.28. The highest BCUT2D eigenvalue weighted by atomic mass is 28.3. The second-order valence-electron chi connectivity index (χ2n) is 19.0. The van der Waals surface area contributed by atoms with Crippen molar-refractivity contribution in [1.82, 2.24) is 19.8 Å². The van der Waals surface area contributed by atoms with Crippen molar-refractivity contribution in [2.75, 3.05) is 52.5 Å². The van der Waals surface area contributed by atoms with Gasteiger partial charge in [-0.2, -0.15) is 0 Å². The summed E-state index contributed by atoms with van der Waals surface area (Å²) < 4.78 is 51.3. The molecule has 324 valence electrons. The summed E-state index contributed by atoms with van der Waals surface area (Å²) in [6.45, 7) is 22.9. The van der Waals surface area contributed by atoms with Gasteiger partial charge in [0.05, 0.1) is 17.6 Å². The molecule has 2 unspecified atom stereocenters. The number of aryl methyl sites for hydroxylation is 2. The fraction of sp³-hybridized carbons (Fsp3) is 0.562. The van der Waals surface area contributed by atoms with Gasteiger partial charge in [0, 0.05) is 53.8 Å². The van der Waals surface area contributed by atoms with Crippen molar-refractivity contribution in [3.05, 3.63) is 58.9 Å². The van der Waals surface area contributed by atoms with Gasteiger partial charge in [-0.1, -0.05) is 53.5 Å². The Bertz CT molecular complexity index is 2260. The second-order valence-corrected chi connectivity index (χ2v) is 24.6. The lowest BCUT2D eigenvalue weighted by atomic mass is 9.94. The lowest BCUT2D eigenvalue weighted by Crippen LogP contribution is -2.57. The lowest BCUT2D eigenvalue weighted by Gasteiger charge is -2.42. The smallest absolute Gasteiger partial charge is 0.410 e. The number of rotatable bonds is 12. The Morgan fingerprint density at radius 3 is 2.23 bits per heavy atom. The van der Waals surface area contributed by atoms with E-state index in [0.29, 0.717) is 74.8 Å². The first-order chi connectivity index (χ1) is 28.3. The molecule has 2 atom stereocenters. The molecule has 4 aromatic rings. The third kappa shape index (κ3) is 8.86. The van der Waals surface area contributed by atoms with Crippen molar-refractivity contribution in [3.8, 4) is 28.5 Å². The van der Waals surface area contributed by atoms with Crippen molar-refractivity contribution in [1.29, 1.82) is 0 Å². The SMILES string of the molecule is COCOc1cc(-c2ncc3c(N4CC5CCC(C4)N5C(=O)OC(C)(C)C)nc(CCCN(C)C)c(C)c3c2F)c2c(C#C[Si](C(C)C)(C(C)C)C(C)C)c(F)ccc2c1. The predicted octanol–water partition coefficient (Wildman–Crippen LogP) is 10.7. The molecule has 2 aliphatic heterocycles. The summed E-state index contributed by atoms with van der Waals surface area (Å²) in [7, 11) is 3.34. The van der Waals surface area contributed by atoms with Crippen LogP contribution in [0.4, 0.5) is 19.4 Å². The fourth-order valence-corrected chi connectivity index (χ4v) is 15.1. The highest BCUT2D eigenvalue weighted by molar-refractivity contribution is 6.90. The quantitative estimate of drug-likeness (QED) is 0.0793. The summed E-state index contributed by atoms with van der Waals surface area (Å²) in [6, 6.07) is 6.54. The molecule has 9 nitrogen and oxygen atoms in total. The van der Waals surface area contributed by atoms with Crippen LogP contribution in [0.25, 0.3) is 32.8 Å². The summed E-state index contributed by atoms with van der Waals surface area (Å²) >= 11 is 0. The minimum absolute atomic E-state index is 0.0225. The zero-order valence-electron chi connectivity index (χ0n) is 38.1. The van der Waals surface area contributed by atoms with Gasteiger partial charge in [-0.15, -0.1) is 5.54 Å². The van der Waals surface area contributed by atoms with Crippen molar-refractivity contribution < 1.29 is 27.8 Å². The van der Waals surface area contributed by atoms with Gasteiger partial charge in [0.15, 0.2) is 12.6 Å². The predicted molar refractivity (Wildman–Crippen MR) is 242 cm³/mol. The number of methoxy groups -OCH3 is 1. The monoisotopic (exact) mass is 841 g/mol. The van der Waals surface area contributed by atoms with Crippen molar-refractivity contribution in [2.24, 2.45) is 0 Å². The van der Waals surface area contributed by atoms with Gasteiger partial charge in [0.2, 0.25) is 0 Å². The molecule has 0 radical (unpaired) electrons. The minimum Gasteiger partial charge on any atom is -0.468 e. The number of carbonyl (C=O) groups is 1. The summed E-state index contributed by atoms with van der Waals surface area (Å²) in [5.41, 5.74) is 6.38. The van der Waals surface area contributed by atoms with Crippen molar-refractivity contribution in [2.45, 2.75) is 129 Å². The van der Waals surface area contributed by atoms with E-state index in [1.54, 1.807) is 18.3 Å². The largest absolute Gasteiger partial charge is 0.468 e. The summed E-state index contributed by atoms with van der Waals surface area (Å²) in [5.74, 6) is 3.50. The van der Waals surface area contributed by atoms with Gasteiger partial charge in [0.25, 0.3) is 0 Å². The number of hydrogen-bond donors (Lipinski definition) is 0. The number of halogens is 2. The Hall–Kier alpha value is -4.31. The average Bonchev–Trinajstić information content (AvgIpc) is 3.43. The lowest BCUT2D eigenvalue weighted by molar-refractivity contribution is 0.0123. The fourth-order valence-electron chi connectivity index (χ4n) is 9.90. The van der Waals surface area contributed by atoms with E-state index in [1.165, 1.54) is 13.2 Å². The molecule has 2 aromatic heterocycles. The maximum absolute atomic E-state index is 17.9. The Kier molecular flexibility index (Phi) is 13.5. The number of hydrogen-bond acceptors (Lipinski definition) is 8. The Morgan fingerprint density at radius 2 is 1.65 bits per heavy atom. The van der Waals surface area contributed by atoms with Crippen LogP contribution in [-0.2, 0) is 15.9 Å². The summed E-state index contributed by atoms with van der Waals surface area (Å²) in [5, 5.41) is 2.17. The van der Waals surface area contributed by atoms with Crippen LogP contribution in [0.2, 0.25) is 16.6 Å². The number of anilines is 1. The van der Waals surface area contributed by atoms with Crippen LogP contribution in [0.5, 0.6) is 5.75 Å². The zero-order valence-corrected chi connectivity index (χ0v) is 39.1. The zero-order chi connectivity index (χ0) is 43.8. The number of amides is 1. The number of fused-ring (bicyclic) bond motifs is 4. The third-order valence-electron chi connectivity index (χ3n) is 12.6. The van der Waals surface area contributed by atoms with Gasteiger partial charge in [-0.05, 0) is 120 Å². The Morgan fingerprint density at radius 1 is 1.00 bits per heavy atom. The van der Waals surface area contributed by atoms with Crippen LogP contribution in [-0.4, -0.2) is 99.3 Å². The first kappa shape index (κ1) is 45.2. The van der Waals surface area contributed by atoms with E-state index >= 15 is 8.78 Å². The van der Waals surface area contributed by atoms with Gasteiger partial charge in [-0.3, -0.25) is 9.88 Å². The van der Waals surface area contributed by atoms with E-state index in [9.17, 15) is 4.79 Å². The molecule has 0 aliphatic carbocycles. The molecule has 4 heterocycles. The van der Waals surface area contributed by atoms with E-state index in [0.717, 1.165) is 37.1 Å². The first-order valence-electron chi connectivity index (χ1n) is 21.6. The number of benzene rings is 2. The third-order valence-corrected chi connectivity index (χ3v) is 18.9. The molecule has 0 saturated carbocycles. The average molecular weight is 842 g/mol. The first-order valence-corrected chi connectivity index (χ1v) is 23.8. The number of carbonyl (C=O) groups excluding carboxylic acids is 1. The second kappa shape index (κ2) is 18.0. The molecular formula is C48H65F2N5O4Si. The Labute approximate surface area is 357 Å². The van der Waals surface area contributed by atoms with E-state index in [1.807, 2.05) is 52.8 Å². The molecule has 0 N–H and O–H groups in total. The number of piperazine rings is 1. The van der Waals surface area contributed by atoms with E-state index in [2.05, 4.69) is 62.8 Å². The number of pyridine rings is 2. The molecular weight excluding hydrogens is 777 g/mol. The number of nitrogens with zero attached hydrogens (tertiary/aromatic N) is 5. The molecule has 2 aliphatic rings. The maximum Gasteiger partial charge on any atom is 0.410 e. The topological polar surface area (TPSA) is 80.3 Å². The molecule has 12 heteroatoms. The summed E-state index contributed by atoms with van der Waals surface area (Å²) in [6.07, 6.45) is 4.60. The van der Waals surface area contributed by atoms with E-state index in [-0.39, 0.29) is 36.2 Å². The van der Waals surface area contributed by atoms with Crippen molar-refractivity contribution in [3.63, 3.8) is 0 Å².